The number of benzene rings is 1. The highest BCUT2D eigenvalue weighted by Gasteiger charge is 2.33. The van der Waals surface area contributed by atoms with E-state index in [0.717, 1.165) is 6.07 Å². The number of halogens is 3. The van der Waals surface area contributed by atoms with E-state index in [4.69, 9.17) is 4.74 Å². The van der Waals surface area contributed by atoms with Crippen LogP contribution in [0.4, 0.5) is 24.5 Å². The van der Waals surface area contributed by atoms with Crippen LogP contribution in [-0.4, -0.2) is 35.5 Å². The molecule has 0 fully saturated rings. The number of amides is 1. The summed E-state index contributed by atoms with van der Waals surface area (Å²) in [5, 5.41) is 15.9. The molecule has 0 aliphatic carbocycles. The molecule has 1 aromatic rings. The number of nitro groups is 1. The van der Waals surface area contributed by atoms with E-state index in [0.29, 0.717) is 18.7 Å². The highest BCUT2D eigenvalue weighted by molar-refractivity contribution is 5.86. The molecule has 0 saturated carbocycles. The highest BCUT2D eigenvalue weighted by Crippen LogP contribution is 2.35. The number of carbonyl (C=O) groups is 2. The fourth-order valence-electron chi connectivity index (χ4n) is 1.92. The molecule has 0 unspecified atom stereocenters. The fourth-order valence-corrected chi connectivity index (χ4v) is 1.92. The molecule has 2 atom stereocenters. The Balaban J connectivity index is 2.91. The van der Waals surface area contributed by atoms with Crippen molar-refractivity contribution in [2.45, 2.75) is 39.1 Å². The third-order valence-corrected chi connectivity index (χ3v) is 3.26. The van der Waals surface area contributed by atoms with Gasteiger partial charge in [0.05, 0.1) is 10.5 Å². The second-order valence-electron chi connectivity index (χ2n) is 5.33. The summed E-state index contributed by atoms with van der Waals surface area (Å²) in [6.45, 7) is 4.66. The van der Waals surface area contributed by atoms with Gasteiger partial charge in [-0.1, -0.05) is 0 Å². The molecule has 1 aromatic carbocycles. The third-order valence-electron chi connectivity index (χ3n) is 3.26. The van der Waals surface area contributed by atoms with Gasteiger partial charge in [-0.3, -0.25) is 14.9 Å². The van der Waals surface area contributed by atoms with E-state index in [1.165, 1.54) is 13.8 Å². The van der Waals surface area contributed by atoms with Crippen LogP contribution in [0.5, 0.6) is 0 Å². The van der Waals surface area contributed by atoms with Gasteiger partial charge in [0.1, 0.15) is 11.7 Å². The van der Waals surface area contributed by atoms with Crippen molar-refractivity contribution in [3.05, 3.63) is 33.9 Å². The summed E-state index contributed by atoms with van der Waals surface area (Å²) in [5.74, 6) is -1.41. The van der Waals surface area contributed by atoms with Gasteiger partial charge < -0.3 is 15.4 Å². The zero-order valence-electron chi connectivity index (χ0n) is 14.2. The summed E-state index contributed by atoms with van der Waals surface area (Å²) in [7, 11) is 0. The maximum absolute atomic E-state index is 12.7. The van der Waals surface area contributed by atoms with Crippen LogP contribution in [0.3, 0.4) is 0 Å². The standard InChI is InChI=1S/C15H18F3N3O5/c1-4-19-13(22)9(3)26-14(23)8(2)20-11-6-5-10(15(16,17)18)7-12(11)21(24)25/h5-9,20H,4H2,1-3H3,(H,19,22)/t8-,9-/m0/s1. The molecule has 2 N–H and O–H groups in total. The van der Waals surface area contributed by atoms with Crippen LogP contribution in [0.1, 0.15) is 26.3 Å². The number of anilines is 1. The van der Waals surface area contributed by atoms with Gasteiger partial charge in [0, 0.05) is 12.6 Å². The molecule has 0 heterocycles. The van der Waals surface area contributed by atoms with Crippen molar-refractivity contribution in [3.8, 4) is 0 Å². The lowest BCUT2D eigenvalue weighted by atomic mass is 10.1. The first kappa shape index (κ1) is 21.2. The van der Waals surface area contributed by atoms with E-state index in [9.17, 15) is 32.9 Å². The summed E-state index contributed by atoms with van der Waals surface area (Å²) in [6.07, 6.45) is -5.83. The molecule has 0 aliphatic rings. The lowest BCUT2D eigenvalue weighted by Gasteiger charge is -2.18. The van der Waals surface area contributed by atoms with Gasteiger partial charge in [-0.05, 0) is 32.9 Å². The number of hydrogen-bond donors (Lipinski definition) is 2. The summed E-state index contributed by atoms with van der Waals surface area (Å²) in [6, 6.07) is 0.753. The number of likely N-dealkylation sites (N-methyl/N-ethyl adjacent to an activating group) is 1. The Labute approximate surface area is 146 Å². The van der Waals surface area contributed by atoms with Gasteiger partial charge in [-0.25, -0.2) is 4.79 Å². The number of esters is 1. The molecular formula is C15H18F3N3O5. The second-order valence-corrected chi connectivity index (χ2v) is 5.33. The van der Waals surface area contributed by atoms with Crippen molar-refractivity contribution in [2.75, 3.05) is 11.9 Å². The van der Waals surface area contributed by atoms with E-state index in [1.54, 1.807) is 6.92 Å². The molecule has 0 aromatic heterocycles. The van der Waals surface area contributed by atoms with Crippen LogP contribution in [0.25, 0.3) is 0 Å². The topological polar surface area (TPSA) is 111 Å². The number of ether oxygens (including phenoxy) is 1. The predicted octanol–water partition coefficient (Wildman–Crippen LogP) is 2.48. The van der Waals surface area contributed by atoms with E-state index < -0.39 is 46.4 Å². The number of hydrogen-bond acceptors (Lipinski definition) is 6. The first-order valence-corrected chi connectivity index (χ1v) is 7.57. The van der Waals surface area contributed by atoms with Crippen molar-refractivity contribution < 1.29 is 32.4 Å². The zero-order valence-corrected chi connectivity index (χ0v) is 14.2. The van der Waals surface area contributed by atoms with E-state index in [2.05, 4.69) is 10.6 Å². The molecule has 0 saturated heterocycles. The molecule has 0 aliphatic heterocycles. The maximum atomic E-state index is 12.7. The van der Waals surface area contributed by atoms with Crippen LogP contribution >= 0.6 is 0 Å². The van der Waals surface area contributed by atoms with Crippen LogP contribution in [0, 0.1) is 10.1 Å². The number of rotatable bonds is 7. The Kier molecular flexibility index (Phi) is 6.93. The molecular weight excluding hydrogens is 359 g/mol. The van der Waals surface area contributed by atoms with Crippen molar-refractivity contribution in [1.29, 1.82) is 0 Å². The van der Waals surface area contributed by atoms with E-state index in [-0.39, 0.29) is 5.69 Å². The van der Waals surface area contributed by atoms with Gasteiger partial charge in [-0.2, -0.15) is 13.2 Å². The normalized spacial score (nSPS) is 13.5. The highest BCUT2D eigenvalue weighted by atomic mass is 19.4. The molecule has 144 valence electrons. The van der Waals surface area contributed by atoms with Gasteiger partial charge in [0.25, 0.3) is 11.6 Å². The van der Waals surface area contributed by atoms with E-state index in [1.807, 2.05) is 0 Å². The SMILES string of the molecule is CCNC(=O)[C@H](C)OC(=O)[C@H](C)Nc1ccc(C(F)(F)F)cc1[N+](=O)[O-]. The Morgan fingerprint density at radius 3 is 2.42 bits per heavy atom. The Morgan fingerprint density at radius 2 is 1.92 bits per heavy atom. The number of carbonyl (C=O) groups excluding carboxylic acids is 2. The molecule has 11 heteroatoms. The minimum absolute atomic E-state index is 0.280. The summed E-state index contributed by atoms with van der Waals surface area (Å²) < 4.78 is 43.0. The third kappa shape index (κ3) is 5.60. The quantitative estimate of drug-likeness (QED) is 0.429. The smallest absolute Gasteiger partial charge is 0.416 e. The largest absolute Gasteiger partial charge is 0.451 e. The molecule has 1 amide bonds. The summed E-state index contributed by atoms with van der Waals surface area (Å²) >= 11 is 0. The molecule has 0 spiro atoms. The Bertz CT molecular complexity index is 694. The summed E-state index contributed by atoms with van der Waals surface area (Å²) in [4.78, 5) is 33.5. The van der Waals surface area contributed by atoms with Crippen LogP contribution in [-0.2, 0) is 20.5 Å². The van der Waals surface area contributed by atoms with Crippen molar-refractivity contribution in [2.24, 2.45) is 0 Å². The predicted molar refractivity (Wildman–Crippen MR) is 85.4 cm³/mol. The molecule has 8 nitrogen and oxygen atoms in total. The van der Waals surface area contributed by atoms with Crippen molar-refractivity contribution in [3.63, 3.8) is 0 Å². The van der Waals surface area contributed by atoms with Crippen LogP contribution in [0.15, 0.2) is 18.2 Å². The number of nitrogens with one attached hydrogen (secondary N) is 2. The van der Waals surface area contributed by atoms with Gasteiger partial charge in [0.15, 0.2) is 6.10 Å². The van der Waals surface area contributed by atoms with Crippen LogP contribution in [0.2, 0.25) is 0 Å². The average molecular weight is 377 g/mol. The van der Waals surface area contributed by atoms with Gasteiger partial charge in [-0.15, -0.1) is 0 Å². The van der Waals surface area contributed by atoms with E-state index >= 15 is 0 Å². The van der Waals surface area contributed by atoms with Gasteiger partial charge >= 0.3 is 12.1 Å². The fraction of sp³-hybridized carbons (Fsp3) is 0.467. The lowest BCUT2D eigenvalue weighted by molar-refractivity contribution is -0.384. The average Bonchev–Trinajstić information content (AvgIpc) is 2.53. The minimum Gasteiger partial charge on any atom is -0.451 e. The number of nitrogens with zero attached hydrogens (tertiary/aromatic N) is 1. The molecule has 0 radical (unpaired) electrons. The van der Waals surface area contributed by atoms with Gasteiger partial charge in [0.2, 0.25) is 0 Å². The molecule has 1 rings (SSSR count). The second kappa shape index (κ2) is 8.50. The monoisotopic (exact) mass is 377 g/mol. The molecule has 26 heavy (non-hydrogen) atoms. The minimum atomic E-state index is -4.74. The zero-order chi connectivity index (χ0) is 20.1. The Morgan fingerprint density at radius 1 is 1.31 bits per heavy atom. The Hall–Kier alpha value is -2.85. The number of nitro benzene ring substituents is 1. The first-order valence-electron chi connectivity index (χ1n) is 7.57. The number of alkyl halides is 3. The lowest BCUT2D eigenvalue weighted by Crippen LogP contribution is -2.39. The van der Waals surface area contributed by atoms with Crippen molar-refractivity contribution >= 4 is 23.3 Å². The van der Waals surface area contributed by atoms with Crippen LogP contribution < -0.4 is 10.6 Å². The maximum Gasteiger partial charge on any atom is 0.416 e. The first-order chi connectivity index (χ1) is 12.0. The molecule has 0 bridgehead atoms. The van der Waals surface area contributed by atoms with Crippen molar-refractivity contribution in [1.82, 2.24) is 5.32 Å². The summed E-state index contributed by atoms with van der Waals surface area (Å²) in [5.41, 5.74) is -2.30.